The van der Waals surface area contributed by atoms with Crippen molar-refractivity contribution < 1.29 is 9.32 Å². The molecule has 0 aliphatic rings. The van der Waals surface area contributed by atoms with Gasteiger partial charge in [-0.1, -0.05) is 71.4 Å². The first-order valence-electron chi connectivity index (χ1n) is 9.01. The first-order chi connectivity index (χ1) is 13.7. The van der Waals surface area contributed by atoms with E-state index in [-0.39, 0.29) is 12.3 Å². The summed E-state index contributed by atoms with van der Waals surface area (Å²) in [5, 5.41) is 9.77. The van der Waals surface area contributed by atoms with Gasteiger partial charge in [0, 0.05) is 24.9 Å². The zero-order valence-corrected chi connectivity index (χ0v) is 15.8. The lowest BCUT2D eigenvalue weighted by molar-refractivity contribution is -0.121. The largest absolute Gasteiger partial charge is 0.352 e. The summed E-state index contributed by atoms with van der Waals surface area (Å²) in [5.74, 6) is 0.775. The standard InChI is InChI=1S/C22H18ClN3O2/c23-19-11-4-3-10-18(19)22-25-21(28-26-22)13-12-20(27)24-14-16-8-5-7-15-6-1-2-9-17(15)16/h1-11H,12-14H2,(H,24,27). The molecule has 4 aromatic rings. The number of benzene rings is 3. The third-order valence-corrected chi connectivity index (χ3v) is 4.83. The topological polar surface area (TPSA) is 68.0 Å². The molecule has 0 atom stereocenters. The van der Waals surface area contributed by atoms with Crippen molar-refractivity contribution in [2.24, 2.45) is 0 Å². The van der Waals surface area contributed by atoms with E-state index in [1.165, 1.54) is 0 Å². The van der Waals surface area contributed by atoms with Crippen LogP contribution in [0, 0.1) is 0 Å². The Hall–Kier alpha value is -3.18. The van der Waals surface area contributed by atoms with Crippen molar-refractivity contribution in [2.75, 3.05) is 0 Å². The number of amides is 1. The van der Waals surface area contributed by atoms with Gasteiger partial charge in [0.15, 0.2) is 0 Å². The minimum atomic E-state index is -0.0644. The SMILES string of the molecule is O=C(CCc1nc(-c2ccccc2Cl)no1)NCc1cccc2ccccc12. The number of carbonyl (C=O) groups is 1. The molecular formula is C22H18ClN3O2. The van der Waals surface area contributed by atoms with Gasteiger partial charge in [-0.2, -0.15) is 4.98 Å². The van der Waals surface area contributed by atoms with Crippen molar-refractivity contribution >= 4 is 28.3 Å². The van der Waals surface area contributed by atoms with Crippen molar-refractivity contribution in [3.05, 3.63) is 83.2 Å². The van der Waals surface area contributed by atoms with Gasteiger partial charge in [0.05, 0.1) is 5.02 Å². The fourth-order valence-electron chi connectivity index (χ4n) is 3.06. The number of carbonyl (C=O) groups excluding carboxylic acids is 1. The molecule has 1 N–H and O–H groups in total. The van der Waals surface area contributed by atoms with Crippen molar-refractivity contribution in [3.63, 3.8) is 0 Å². The molecule has 0 saturated heterocycles. The third kappa shape index (κ3) is 4.05. The van der Waals surface area contributed by atoms with Gasteiger partial charge in [0.25, 0.3) is 0 Å². The van der Waals surface area contributed by atoms with E-state index in [0.29, 0.717) is 35.3 Å². The zero-order chi connectivity index (χ0) is 19.3. The Morgan fingerprint density at radius 1 is 1.00 bits per heavy atom. The van der Waals surface area contributed by atoms with Crippen LogP contribution < -0.4 is 5.32 Å². The lowest BCUT2D eigenvalue weighted by atomic mass is 10.0. The molecule has 0 unspecified atom stereocenters. The molecule has 1 heterocycles. The van der Waals surface area contributed by atoms with E-state index in [9.17, 15) is 4.79 Å². The number of aryl methyl sites for hydroxylation is 1. The van der Waals surface area contributed by atoms with Crippen LogP contribution in [0.1, 0.15) is 17.9 Å². The maximum atomic E-state index is 12.2. The second kappa shape index (κ2) is 8.23. The maximum Gasteiger partial charge on any atom is 0.227 e. The maximum absolute atomic E-state index is 12.2. The van der Waals surface area contributed by atoms with Gasteiger partial charge in [-0.3, -0.25) is 4.79 Å². The van der Waals surface area contributed by atoms with E-state index in [4.69, 9.17) is 16.1 Å². The Labute approximate surface area is 167 Å². The average molecular weight is 392 g/mol. The van der Waals surface area contributed by atoms with Crippen molar-refractivity contribution in [1.82, 2.24) is 15.5 Å². The Kier molecular flexibility index (Phi) is 5.35. The number of hydrogen-bond donors (Lipinski definition) is 1. The monoisotopic (exact) mass is 391 g/mol. The molecule has 28 heavy (non-hydrogen) atoms. The Morgan fingerprint density at radius 3 is 2.68 bits per heavy atom. The molecule has 3 aromatic carbocycles. The van der Waals surface area contributed by atoms with Gasteiger partial charge in [0.1, 0.15) is 0 Å². The fraction of sp³-hybridized carbons (Fsp3) is 0.136. The van der Waals surface area contributed by atoms with E-state index >= 15 is 0 Å². The molecule has 5 nitrogen and oxygen atoms in total. The number of rotatable bonds is 6. The molecule has 1 amide bonds. The minimum absolute atomic E-state index is 0.0644. The predicted octanol–water partition coefficient (Wildman–Crippen LogP) is 4.79. The van der Waals surface area contributed by atoms with Crippen LogP contribution in [-0.2, 0) is 17.8 Å². The lowest BCUT2D eigenvalue weighted by Gasteiger charge is -2.08. The van der Waals surface area contributed by atoms with Gasteiger partial charge in [-0.15, -0.1) is 0 Å². The molecule has 0 aliphatic heterocycles. The molecule has 0 spiro atoms. The van der Waals surface area contributed by atoms with Gasteiger partial charge < -0.3 is 9.84 Å². The summed E-state index contributed by atoms with van der Waals surface area (Å²) in [6, 6.07) is 21.5. The van der Waals surface area contributed by atoms with E-state index in [1.54, 1.807) is 6.07 Å². The third-order valence-electron chi connectivity index (χ3n) is 4.50. The highest BCUT2D eigenvalue weighted by atomic mass is 35.5. The summed E-state index contributed by atoms with van der Waals surface area (Å²) in [5.41, 5.74) is 1.80. The smallest absolute Gasteiger partial charge is 0.227 e. The van der Waals surface area contributed by atoms with Crippen LogP contribution in [0.25, 0.3) is 22.2 Å². The van der Waals surface area contributed by atoms with Crippen LogP contribution in [0.15, 0.2) is 71.3 Å². The van der Waals surface area contributed by atoms with Crippen molar-refractivity contribution in [1.29, 1.82) is 0 Å². The van der Waals surface area contributed by atoms with Gasteiger partial charge in [-0.25, -0.2) is 0 Å². The van der Waals surface area contributed by atoms with Gasteiger partial charge in [0.2, 0.25) is 17.6 Å². The summed E-state index contributed by atoms with van der Waals surface area (Å²) in [7, 11) is 0. The molecule has 0 bridgehead atoms. The predicted molar refractivity (Wildman–Crippen MR) is 109 cm³/mol. The van der Waals surface area contributed by atoms with Crippen molar-refractivity contribution in [3.8, 4) is 11.4 Å². The highest BCUT2D eigenvalue weighted by molar-refractivity contribution is 6.33. The van der Waals surface area contributed by atoms with E-state index in [1.807, 2.05) is 42.5 Å². The molecule has 1 aromatic heterocycles. The lowest BCUT2D eigenvalue weighted by Crippen LogP contribution is -2.23. The van der Waals surface area contributed by atoms with Crippen molar-refractivity contribution in [2.45, 2.75) is 19.4 Å². The van der Waals surface area contributed by atoms with Gasteiger partial charge >= 0.3 is 0 Å². The quantitative estimate of drug-likeness (QED) is 0.513. The van der Waals surface area contributed by atoms with Crippen LogP contribution in [0.4, 0.5) is 0 Å². The number of nitrogens with one attached hydrogen (secondary N) is 1. The van der Waals surface area contributed by atoms with E-state index in [2.05, 4.69) is 33.7 Å². The molecule has 6 heteroatoms. The van der Waals surface area contributed by atoms with Gasteiger partial charge in [-0.05, 0) is 28.5 Å². The summed E-state index contributed by atoms with van der Waals surface area (Å²) < 4.78 is 5.25. The number of hydrogen-bond acceptors (Lipinski definition) is 4. The number of aromatic nitrogens is 2. The molecule has 0 radical (unpaired) electrons. The first-order valence-corrected chi connectivity index (χ1v) is 9.39. The first kappa shape index (κ1) is 18.2. The average Bonchev–Trinajstić information content (AvgIpc) is 3.20. The summed E-state index contributed by atoms with van der Waals surface area (Å²) in [4.78, 5) is 16.6. The zero-order valence-electron chi connectivity index (χ0n) is 15.1. The second-order valence-electron chi connectivity index (χ2n) is 6.41. The highest BCUT2D eigenvalue weighted by Crippen LogP contribution is 2.25. The fourth-order valence-corrected chi connectivity index (χ4v) is 3.28. The molecule has 0 saturated carbocycles. The van der Waals surface area contributed by atoms with Crippen LogP contribution in [0.5, 0.6) is 0 Å². The van der Waals surface area contributed by atoms with Crippen LogP contribution in [-0.4, -0.2) is 16.0 Å². The Bertz CT molecular complexity index is 1120. The molecule has 0 aliphatic carbocycles. The summed E-state index contributed by atoms with van der Waals surface area (Å²) in [6.45, 7) is 0.481. The number of halogens is 1. The van der Waals surface area contributed by atoms with Crippen LogP contribution in [0.3, 0.4) is 0 Å². The number of fused-ring (bicyclic) bond motifs is 1. The molecular weight excluding hydrogens is 374 g/mol. The summed E-state index contributed by atoms with van der Waals surface area (Å²) >= 11 is 6.15. The summed E-state index contributed by atoms with van der Waals surface area (Å²) in [6.07, 6.45) is 0.647. The second-order valence-corrected chi connectivity index (χ2v) is 6.81. The molecule has 0 fully saturated rings. The Morgan fingerprint density at radius 2 is 1.79 bits per heavy atom. The number of nitrogens with zero attached hydrogens (tertiary/aromatic N) is 2. The van der Waals surface area contributed by atoms with E-state index in [0.717, 1.165) is 16.3 Å². The minimum Gasteiger partial charge on any atom is -0.352 e. The Balaban J connectivity index is 1.34. The highest BCUT2D eigenvalue weighted by Gasteiger charge is 2.13. The molecule has 4 rings (SSSR count). The van der Waals surface area contributed by atoms with Crippen LogP contribution in [0.2, 0.25) is 5.02 Å². The normalized spacial score (nSPS) is 10.9. The molecule has 140 valence electrons. The van der Waals surface area contributed by atoms with Crippen LogP contribution >= 0.6 is 11.6 Å². The van der Waals surface area contributed by atoms with E-state index < -0.39 is 0 Å².